The Bertz CT molecular complexity index is 698. The van der Waals surface area contributed by atoms with Crippen LogP contribution in [0.2, 0.25) is 0 Å². The Labute approximate surface area is 142 Å². The quantitative estimate of drug-likeness (QED) is 0.645. The number of nitrogens with one attached hydrogen (secondary N) is 3. The Hall–Kier alpha value is -2.34. The molecule has 1 aromatic heterocycles. The van der Waals surface area contributed by atoms with E-state index in [1.165, 1.54) is 0 Å². The summed E-state index contributed by atoms with van der Waals surface area (Å²) in [5.74, 6) is 0.991. The van der Waals surface area contributed by atoms with Crippen molar-refractivity contribution >= 4 is 11.5 Å². The number of hydrogen-bond donors (Lipinski definition) is 4. The zero-order valence-electron chi connectivity index (χ0n) is 14.3. The predicted molar refractivity (Wildman–Crippen MR) is 97.4 cm³/mol. The first kappa shape index (κ1) is 16.5. The van der Waals surface area contributed by atoms with E-state index in [0.717, 1.165) is 44.0 Å². The molecule has 6 nitrogen and oxygen atoms in total. The lowest BCUT2D eigenvalue weighted by atomic mass is 9.88. The molecule has 0 amide bonds. The molecule has 3 heterocycles. The largest absolute Gasteiger partial charge is 0.507 e. The van der Waals surface area contributed by atoms with Crippen LogP contribution < -0.4 is 16.0 Å². The highest BCUT2D eigenvalue weighted by Crippen LogP contribution is 2.35. The minimum atomic E-state index is 0.0320. The minimum Gasteiger partial charge on any atom is -0.507 e. The molecule has 0 aliphatic carbocycles. The Kier molecular flexibility index (Phi) is 4.85. The molecule has 2 aliphatic rings. The Morgan fingerprint density at radius 1 is 1.12 bits per heavy atom. The van der Waals surface area contributed by atoms with Gasteiger partial charge in [0.1, 0.15) is 5.75 Å². The molecule has 1 saturated heterocycles. The number of phenols is 1. The summed E-state index contributed by atoms with van der Waals surface area (Å²) in [6.45, 7) is 6.86. The van der Waals surface area contributed by atoms with E-state index in [2.05, 4.69) is 26.1 Å². The van der Waals surface area contributed by atoms with Crippen LogP contribution >= 0.6 is 0 Å². The van der Waals surface area contributed by atoms with E-state index in [1.54, 1.807) is 12.1 Å². The van der Waals surface area contributed by atoms with Gasteiger partial charge in [-0.3, -0.25) is 0 Å². The lowest BCUT2D eigenvalue weighted by molar-refractivity contribution is 0.352. The van der Waals surface area contributed by atoms with Gasteiger partial charge in [0.15, 0.2) is 5.82 Å². The molecule has 0 bridgehead atoms. The number of anilines is 2. The first-order valence-corrected chi connectivity index (χ1v) is 8.65. The second kappa shape index (κ2) is 7.05. The van der Waals surface area contributed by atoms with Gasteiger partial charge >= 0.3 is 0 Å². The minimum absolute atomic E-state index is 0.0320. The second-order valence-corrected chi connectivity index (χ2v) is 6.05. The van der Waals surface area contributed by atoms with Gasteiger partial charge in [0.05, 0.1) is 16.9 Å². The summed E-state index contributed by atoms with van der Waals surface area (Å²) in [5.41, 5.74) is 2.35. The summed E-state index contributed by atoms with van der Waals surface area (Å²) >= 11 is 0. The van der Waals surface area contributed by atoms with Gasteiger partial charge < -0.3 is 21.1 Å². The van der Waals surface area contributed by atoms with Crippen LogP contribution in [0.3, 0.4) is 0 Å². The summed E-state index contributed by atoms with van der Waals surface area (Å²) in [6.07, 6.45) is 2.29. The number of piperidine rings is 1. The second-order valence-electron chi connectivity index (χ2n) is 6.05. The van der Waals surface area contributed by atoms with Crippen molar-refractivity contribution in [2.24, 2.45) is 0 Å². The number of hydrogen-bond acceptors (Lipinski definition) is 6. The number of rotatable bonds is 1. The van der Waals surface area contributed by atoms with Crippen LogP contribution in [-0.2, 0) is 0 Å². The highest BCUT2D eigenvalue weighted by atomic mass is 16.3. The van der Waals surface area contributed by atoms with Gasteiger partial charge in [-0.25, -0.2) is 0 Å². The van der Waals surface area contributed by atoms with Crippen molar-refractivity contribution in [1.29, 1.82) is 0 Å². The Morgan fingerprint density at radius 3 is 2.71 bits per heavy atom. The van der Waals surface area contributed by atoms with Gasteiger partial charge in [0.2, 0.25) is 0 Å². The fourth-order valence-corrected chi connectivity index (χ4v) is 3.25. The van der Waals surface area contributed by atoms with E-state index in [1.807, 2.05) is 32.0 Å². The first-order chi connectivity index (χ1) is 11.8. The molecule has 6 heteroatoms. The van der Waals surface area contributed by atoms with E-state index >= 15 is 0 Å². The molecule has 24 heavy (non-hydrogen) atoms. The number of aromatic nitrogens is 2. The molecule has 0 saturated carbocycles. The standard InChI is InChI=1S/C16H19N5O.C2H6/c22-14-5-2-1-4-11(14)12-8-13-15(21-20-12)18-10-16(19-13)6-3-7-17-9-16;1-2/h1-2,4-5,8,17,19,22H,3,6-7,9-10H2,(H,18,21);1-2H3. The van der Waals surface area contributed by atoms with Crippen molar-refractivity contribution in [3.8, 4) is 17.0 Å². The fraction of sp³-hybridized carbons (Fsp3) is 0.444. The molecule has 0 radical (unpaired) electrons. The zero-order valence-corrected chi connectivity index (χ0v) is 14.3. The normalized spacial score (nSPS) is 21.8. The van der Waals surface area contributed by atoms with E-state index in [-0.39, 0.29) is 11.3 Å². The third-order valence-corrected chi connectivity index (χ3v) is 4.44. The monoisotopic (exact) mass is 327 g/mol. The maximum atomic E-state index is 10.00. The van der Waals surface area contributed by atoms with Crippen LogP contribution in [0.1, 0.15) is 26.7 Å². The molecule has 1 unspecified atom stereocenters. The molecule has 1 atom stereocenters. The molecular weight excluding hydrogens is 302 g/mol. The lowest BCUT2D eigenvalue weighted by Crippen LogP contribution is -2.57. The van der Waals surface area contributed by atoms with Gasteiger partial charge in [0.25, 0.3) is 0 Å². The Morgan fingerprint density at radius 2 is 1.96 bits per heavy atom. The maximum Gasteiger partial charge on any atom is 0.172 e. The van der Waals surface area contributed by atoms with Crippen LogP contribution in [0.4, 0.5) is 11.5 Å². The maximum absolute atomic E-state index is 10.00. The van der Waals surface area contributed by atoms with Crippen molar-refractivity contribution in [3.63, 3.8) is 0 Å². The number of aromatic hydroxyl groups is 1. The van der Waals surface area contributed by atoms with Gasteiger partial charge in [-0.05, 0) is 37.6 Å². The molecule has 2 aliphatic heterocycles. The third-order valence-electron chi connectivity index (χ3n) is 4.44. The van der Waals surface area contributed by atoms with E-state index in [9.17, 15) is 5.11 Å². The van der Waals surface area contributed by atoms with Crippen LogP contribution in [0.15, 0.2) is 30.3 Å². The number of phenolic OH excluding ortho intramolecular Hbond substituents is 1. The van der Waals surface area contributed by atoms with Crippen molar-refractivity contribution in [3.05, 3.63) is 30.3 Å². The molecule has 1 fully saturated rings. The first-order valence-electron chi connectivity index (χ1n) is 8.65. The average Bonchev–Trinajstić information content (AvgIpc) is 2.64. The number of para-hydroxylation sites is 1. The lowest BCUT2D eigenvalue weighted by Gasteiger charge is -2.42. The molecule has 128 valence electrons. The van der Waals surface area contributed by atoms with Crippen molar-refractivity contribution in [2.45, 2.75) is 32.2 Å². The molecule has 4 N–H and O–H groups in total. The topological polar surface area (TPSA) is 82.1 Å². The summed E-state index contributed by atoms with van der Waals surface area (Å²) in [5, 5.41) is 28.9. The number of benzene rings is 1. The summed E-state index contributed by atoms with van der Waals surface area (Å²) in [4.78, 5) is 0. The highest BCUT2D eigenvalue weighted by Gasteiger charge is 2.36. The molecular formula is C18H25N5O. The predicted octanol–water partition coefficient (Wildman–Crippen LogP) is 2.83. The Balaban J connectivity index is 0.000000815. The van der Waals surface area contributed by atoms with Crippen LogP contribution in [0, 0.1) is 0 Å². The summed E-state index contributed by atoms with van der Waals surface area (Å²) in [7, 11) is 0. The van der Waals surface area contributed by atoms with Gasteiger partial charge in [-0.2, -0.15) is 0 Å². The molecule has 2 aromatic rings. The zero-order chi connectivity index (χ0) is 17.0. The van der Waals surface area contributed by atoms with Crippen LogP contribution in [-0.4, -0.2) is 40.5 Å². The number of nitrogens with zero attached hydrogens (tertiary/aromatic N) is 2. The third kappa shape index (κ3) is 3.14. The van der Waals surface area contributed by atoms with Gasteiger partial charge in [-0.1, -0.05) is 26.0 Å². The van der Waals surface area contributed by atoms with Crippen LogP contribution in [0.5, 0.6) is 5.75 Å². The van der Waals surface area contributed by atoms with Crippen LogP contribution in [0.25, 0.3) is 11.3 Å². The highest BCUT2D eigenvalue weighted by molar-refractivity contribution is 5.76. The SMILES string of the molecule is CC.Oc1ccccc1-c1cc2c(nn1)NCC1(CCCNC1)N2. The molecule has 1 aromatic carbocycles. The molecule has 1 spiro atoms. The van der Waals surface area contributed by atoms with E-state index in [4.69, 9.17) is 0 Å². The number of fused-ring (bicyclic) bond motifs is 1. The van der Waals surface area contributed by atoms with Crippen molar-refractivity contribution in [2.75, 3.05) is 30.3 Å². The average molecular weight is 327 g/mol. The van der Waals surface area contributed by atoms with E-state index < -0.39 is 0 Å². The molecule has 4 rings (SSSR count). The van der Waals surface area contributed by atoms with Gasteiger partial charge in [0, 0.05) is 18.7 Å². The fourth-order valence-electron chi connectivity index (χ4n) is 3.25. The smallest absolute Gasteiger partial charge is 0.172 e. The van der Waals surface area contributed by atoms with Gasteiger partial charge in [-0.15, -0.1) is 10.2 Å². The summed E-state index contributed by atoms with van der Waals surface area (Å²) < 4.78 is 0. The summed E-state index contributed by atoms with van der Waals surface area (Å²) in [6, 6.07) is 9.15. The van der Waals surface area contributed by atoms with Crippen molar-refractivity contribution < 1.29 is 5.11 Å². The van der Waals surface area contributed by atoms with E-state index in [0.29, 0.717) is 11.3 Å². The van der Waals surface area contributed by atoms with Crippen molar-refractivity contribution in [1.82, 2.24) is 15.5 Å².